The van der Waals surface area contributed by atoms with Crippen molar-refractivity contribution in [3.63, 3.8) is 0 Å². The first-order valence-electron chi connectivity index (χ1n) is 9.92. The molecular weight excluding hydrogens is 344 g/mol. The summed E-state index contributed by atoms with van der Waals surface area (Å²) in [4.78, 5) is 11.7. The minimum absolute atomic E-state index is 0.0945. The maximum atomic E-state index is 11.7. The summed E-state index contributed by atoms with van der Waals surface area (Å²) >= 11 is 0. The third-order valence-electron chi connectivity index (χ3n) is 6.22. The molecule has 0 heterocycles. The van der Waals surface area contributed by atoms with Crippen molar-refractivity contribution in [1.82, 2.24) is 0 Å². The number of rotatable bonds is 3. The summed E-state index contributed by atoms with van der Waals surface area (Å²) in [5.74, 6) is -0.516. The monoisotopic (exact) mass is 366 g/mol. The van der Waals surface area contributed by atoms with Gasteiger partial charge in [-0.25, -0.2) is 0 Å². The standard InChI is InChI=1S/C26H22O2/c27-24(28)16-20-15-14-19-13-12-18-7-2-4-10-22(18)25(19)26(20)23-11-5-8-17-6-1-3-9-21(17)23/h1-13,20,26H,14-16H2,(H,27,28). The van der Waals surface area contributed by atoms with Crippen molar-refractivity contribution in [2.24, 2.45) is 5.92 Å². The molecule has 0 aliphatic heterocycles. The zero-order chi connectivity index (χ0) is 19.1. The molecule has 5 rings (SSSR count). The van der Waals surface area contributed by atoms with E-state index < -0.39 is 5.97 Å². The molecule has 0 saturated heterocycles. The van der Waals surface area contributed by atoms with E-state index in [9.17, 15) is 9.90 Å². The molecule has 138 valence electrons. The van der Waals surface area contributed by atoms with Crippen molar-refractivity contribution in [3.8, 4) is 0 Å². The van der Waals surface area contributed by atoms with Crippen LogP contribution in [0, 0.1) is 5.92 Å². The fraction of sp³-hybridized carbons (Fsp3) is 0.192. The van der Waals surface area contributed by atoms with Gasteiger partial charge in [0.05, 0.1) is 0 Å². The van der Waals surface area contributed by atoms with Crippen LogP contribution < -0.4 is 0 Å². The molecule has 2 heteroatoms. The number of carbonyl (C=O) groups is 1. The number of hydrogen-bond acceptors (Lipinski definition) is 1. The number of carboxylic acids is 1. The SMILES string of the molecule is O=C(O)CC1CCc2ccc3ccccc3c2C1c1cccc2ccccc12. The summed E-state index contributed by atoms with van der Waals surface area (Å²) in [7, 11) is 0. The minimum atomic E-state index is -0.709. The van der Waals surface area contributed by atoms with Crippen LogP contribution in [0.5, 0.6) is 0 Å². The Labute approximate surface area is 164 Å². The van der Waals surface area contributed by atoms with Gasteiger partial charge in [-0.05, 0) is 57.0 Å². The fourth-order valence-electron chi connectivity index (χ4n) is 5.04. The van der Waals surface area contributed by atoms with Gasteiger partial charge in [0.25, 0.3) is 0 Å². The number of aliphatic carboxylic acids is 1. The van der Waals surface area contributed by atoms with Crippen LogP contribution in [0.4, 0.5) is 0 Å². The Bertz CT molecular complexity index is 1190. The summed E-state index contributed by atoms with van der Waals surface area (Å²) in [5, 5.41) is 14.5. The van der Waals surface area contributed by atoms with Crippen molar-refractivity contribution in [2.75, 3.05) is 0 Å². The lowest BCUT2D eigenvalue weighted by atomic mass is 9.68. The molecule has 0 spiro atoms. The number of hydrogen-bond donors (Lipinski definition) is 1. The van der Waals surface area contributed by atoms with Gasteiger partial charge in [0.1, 0.15) is 0 Å². The van der Waals surface area contributed by atoms with E-state index >= 15 is 0 Å². The van der Waals surface area contributed by atoms with E-state index in [1.807, 2.05) is 0 Å². The predicted molar refractivity (Wildman–Crippen MR) is 114 cm³/mol. The molecule has 0 radical (unpaired) electrons. The molecule has 4 aromatic rings. The third-order valence-corrected chi connectivity index (χ3v) is 6.22. The Balaban J connectivity index is 1.82. The Morgan fingerprint density at radius 1 is 0.821 bits per heavy atom. The largest absolute Gasteiger partial charge is 0.481 e. The number of carboxylic acid groups (broad SMARTS) is 1. The minimum Gasteiger partial charge on any atom is -0.481 e. The van der Waals surface area contributed by atoms with E-state index in [0.29, 0.717) is 0 Å². The normalized spacial score (nSPS) is 18.9. The van der Waals surface area contributed by atoms with Crippen molar-refractivity contribution < 1.29 is 9.90 Å². The van der Waals surface area contributed by atoms with Crippen molar-refractivity contribution in [2.45, 2.75) is 25.2 Å². The molecule has 28 heavy (non-hydrogen) atoms. The molecule has 0 saturated carbocycles. The van der Waals surface area contributed by atoms with Gasteiger partial charge < -0.3 is 5.11 Å². The van der Waals surface area contributed by atoms with E-state index in [2.05, 4.69) is 78.9 Å². The molecule has 1 aliphatic rings. The van der Waals surface area contributed by atoms with E-state index in [1.165, 1.54) is 38.2 Å². The Kier molecular flexibility index (Phi) is 4.12. The highest BCUT2D eigenvalue weighted by molar-refractivity contribution is 5.91. The van der Waals surface area contributed by atoms with Gasteiger partial charge in [0, 0.05) is 12.3 Å². The van der Waals surface area contributed by atoms with Crippen LogP contribution in [-0.2, 0) is 11.2 Å². The average Bonchev–Trinajstić information content (AvgIpc) is 2.73. The summed E-state index contributed by atoms with van der Waals surface area (Å²) in [6.45, 7) is 0. The molecule has 4 aromatic carbocycles. The van der Waals surface area contributed by atoms with Crippen molar-refractivity contribution in [1.29, 1.82) is 0 Å². The zero-order valence-electron chi connectivity index (χ0n) is 15.6. The van der Waals surface area contributed by atoms with Gasteiger partial charge in [-0.3, -0.25) is 4.79 Å². The van der Waals surface area contributed by atoms with Crippen LogP contribution in [0.15, 0.2) is 78.9 Å². The third kappa shape index (κ3) is 2.77. The molecular formula is C26H22O2. The van der Waals surface area contributed by atoms with E-state index in [4.69, 9.17) is 0 Å². The molecule has 0 fully saturated rings. The van der Waals surface area contributed by atoms with Crippen LogP contribution in [0.3, 0.4) is 0 Å². The maximum Gasteiger partial charge on any atom is 0.303 e. The van der Waals surface area contributed by atoms with Gasteiger partial charge in [-0.2, -0.15) is 0 Å². The van der Waals surface area contributed by atoms with Gasteiger partial charge in [0.2, 0.25) is 0 Å². The highest BCUT2D eigenvalue weighted by Gasteiger charge is 2.34. The second-order valence-corrected chi connectivity index (χ2v) is 7.80. The van der Waals surface area contributed by atoms with Crippen LogP contribution in [-0.4, -0.2) is 11.1 Å². The maximum absolute atomic E-state index is 11.7. The van der Waals surface area contributed by atoms with Gasteiger partial charge in [-0.1, -0.05) is 78.9 Å². The molecule has 1 aliphatic carbocycles. The lowest BCUT2D eigenvalue weighted by Crippen LogP contribution is -2.24. The summed E-state index contributed by atoms with van der Waals surface area (Å²) in [5.41, 5.74) is 3.94. The van der Waals surface area contributed by atoms with Crippen LogP contribution >= 0.6 is 0 Å². The summed E-state index contributed by atoms with van der Waals surface area (Å²) < 4.78 is 0. The molecule has 2 nitrogen and oxygen atoms in total. The van der Waals surface area contributed by atoms with Gasteiger partial charge in [0.15, 0.2) is 0 Å². The highest BCUT2D eigenvalue weighted by Crippen LogP contribution is 2.47. The van der Waals surface area contributed by atoms with E-state index in [1.54, 1.807) is 0 Å². The van der Waals surface area contributed by atoms with E-state index in [0.717, 1.165) is 12.8 Å². The number of fused-ring (bicyclic) bond motifs is 4. The van der Waals surface area contributed by atoms with Crippen molar-refractivity contribution >= 4 is 27.5 Å². The van der Waals surface area contributed by atoms with Crippen LogP contribution in [0.2, 0.25) is 0 Å². The topological polar surface area (TPSA) is 37.3 Å². The summed E-state index contributed by atoms with van der Waals surface area (Å²) in [6.07, 6.45) is 2.06. The Morgan fingerprint density at radius 2 is 1.50 bits per heavy atom. The van der Waals surface area contributed by atoms with E-state index in [-0.39, 0.29) is 18.3 Å². The van der Waals surface area contributed by atoms with Gasteiger partial charge >= 0.3 is 5.97 Å². The summed E-state index contributed by atoms with van der Waals surface area (Å²) in [6, 6.07) is 27.8. The first-order chi connectivity index (χ1) is 13.7. The Morgan fingerprint density at radius 3 is 2.29 bits per heavy atom. The van der Waals surface area contributed by atoms with Crippen molar-refractivity contribution in [3.05, 3.63) is 95.6 Å². The highest BCUT2D eigenvalue weighted by atomic mass is 16.4. The van der Waals surface area contributed by atoms with Crippen LogP contribution in [0.1, 0.15) is 35.4 Å². The number of benzene rings is 4. The predicted octanol–water partition coefficient (Wildman–Crippen LogP) is 6.16. The second kappa shape index (κ2) is 6.79. The average molecular weight is 366 g/mol. The van der Waals surface area contributed by atoms with Crippen LogP contribution in [0.25, 0.3) is 21.5 Å². The molecule has 2 atom stereocenters. The second-order valence-electron chi connectivity index (χ2n) is 7.80. The first-order valence-corrected chi connectivity index (χ1v) is 9.92. The molecule has 0 aromatic heterocycles. The smallest absolute Gasteiger partial charge is 0.303 e. The Hall–Kier alpha value is -3.13. The lowest BCUT2D eigenvalue weighted by molar-refractivity contribution is -0.138. The van der Waals surface area contributed by atoms with Gasteiger partial charge in [-0.15, -0.1) is 0 Å². The fourth-order valence-corrected chi connectivity index (χ4v) is 5.04. The molecule has 0 bridgehead atoms. The molecule has 1 N–H and O–H groups in total. The zero-order valence-corrected chi connectivity index (χ0v) is 15.6. The lowest BCUT2D eigenvalue weighted by Gasteiger charge is -2.35. The molecule has 0 amide bonds. The quantitative estimate of drug-likeness (QED) is 0.471. The number of aryl methyl sites for hydroxylation is 1. The first kappa shape index (κ1) is 17.0. The molecule has 2 unspecified atom stereocenters.